The number of benzene rings is 2. The van der Waals surface area contributed by atoms with E-state index in [9.17, 15) is 9.59 Å². The van der Waals surface area contributed by atoms with Crippen molar-refractivity contribution in [2.45, 2.75) is 84.5 Å². The largest absolute Gasteiger partial charge is 0.427 e. The van der Waals surface area contributed by atoms with Crippen LogP contribution in [0, 0.1) is 11.8 Å². The van der Waals surface area contributed by atoms with Crippen LogP contribution < -0.4 is 9.47 Å². The first kappa shape index (κ1) is 25.0. The van der Waals surface area contributed by atoms with Crippen LogP contribution in [0.3, 0.4) is 0 Å². The molecule has 1 atom stereocenters. The monoisotopic (exact) mass is 450 g/mol. The van der Waals surface area contributed by atoms with E-state index in [0.29, 0.717) is 29.4 Å². The molecular formula is C29H38O4. The second-order valence-electron chi connectivity index (χ2n) is 9.53. The summed E-state index contributed by atoms with van der Waals surface area (Å²) in [4.78, 5) is 24.3. The van der Waals surface area contributed by atoms with Crippen LogP contribution in [0.1, 0.15) is 100 Å². The Morgan fingerprint density at radius 3 is 2.06 bits per heavy atom. The Balaban J connectivity index is 1.49. The summed E-state index contributed by atoms with van der Waals surface area (Å²) in [6.07, 6.45) is 9.89. The van der Waals surface area contributed by atoms with Gasteiger partial charge in [0, 0.05) is 6.42 Å². The fourth-order valence-corrected chi connectivity index (χ4v) is 4.60. The third-order valence-corrected chi connectivity index (χ3v) is 6.90. The Hall–Kier alpha value is -2.62. The predicted octanol–water partition coefficient (Wildman–Crippen LogP) is 7.71. The third-order valence-electron chi connectivity index (χ3n) is 6.90. The fourth-order valence-electron chi connectivity index (χ4n) is 4.60. The van der Waals surface area contributed by atoms with Crippen molar-refractivity contribution in [3.63, 3.8) is 0 Å². The maximum absolute atomic E-state index is 12.5. The number of hydrogen-bond donors (Lipinski definition) is 0. The molecule has 4 nitrogen and oxygen atoms in total. The SMILES string of the molecule is CCCCC(=O)Oc1ccc(OC(=O)c2ccc(C3CCC(CC(C)CC)CC3)cc2)cc1. The molecule has 3 rings (SSSR count). The summed E-state index contributed by atoms with van der Waals surface area (Å²) in [5.41, 5.74) is 1.86. The van der Waals surface area contributed by atoms with Crippen LogP contribution in [-0.2, 0) is 4.79 Å². The van der Waals surface area contributed by atoms with E-state index in [1.807, 2.05) is 19.1 Å². The summed E-state index contributed by atoms with van der Waals surface area (Å²) in [7, 11) is 0. The molecule has 0 amide bonds. The van der Waals surface area contributed by atoms with Crippen LogP contribution in [0.2, 0.25) is 0 Å². The van der Waals surface area contributed by atoms with E-state index in [1.54, 1.807) is 24.3 Å². The number of ether oxygens (including phenoxy) is 2. The highest BCUT2D eigenvalue weighted by Crippen LogP contribution is 2.38. The van der Waals surface area contributed by atoms with Crippen molar-refractivity contribution in [1.29, 1.82) is 0 Å². The van der Waals surface area contributed by atoms with E-state index in [0.717, 1.165) is 24.7 Å². The van der Waals surface area contributed by atoms with Crippen molar-refractivity contribution >= 4 is 11.9 Å². The maximum Gasteiger partial charge on any atom is 0.343 e. The minimum Gasteiger partial charge on any atom is -0.427 e. The molecule has 1 unspecified atom stereocenters. The minimum absolute atomic E-state index is 0.245. The summed E-state index contributed by atoms with van der Waals surface area (Å²) in [5, 5.41) is 0. The molecule has 0 spiro atoms. The van der Waals surface area contributed by atoms with Crippen molar-refractivity contribution in [2.24, 2.45) is 11.8 Å². The van der Waals surface area contributed by atoms with Crippen LogP contribution in [0.15, 0.2) is 48.5 Å². The van der Waals surface area contributed by atoms with Crippen LogP contribution in [-0.4, -0.2) is 11.9 Å². The van der Waals surface area contributed by atoms with Crippen LogP contribution in [0.5, 0.6) is 11.5 Å². The molecule has 0 saturated heterocycles. The Morgan fingerprint density at radius 2 is 1.48 bits per heavy atom. The standard InChI is InChI=1S/C29H38O4/c1-4-6-7-28(30)32-26-16-18-27(19-17-26)33-29(31)25-14-12-24(13-15-25)23-10-8-22(9-11-23)20-21(3)5-2/h12-19,21-23H,4-11,20H2,1-3H3. The van der Waals surface area contributed by atoms with E-state index < -0.39 is 0 Å². The van der Waals surface area contributed by atoms with Crippen molar-refractivity contribution in [1.82, 2.24) is 0 Å². The van der Waals surface area contributed by atoms with E-state index in [1.165, 1.54) is 44.1 Å². The number of carbonyl (C=O) groups excluding carboxylic acids is 2. The third kappa shape index (κ3) is 7.73. The van der Waals surface area contributed by atoms with Gasteiger partial charge < -0.3 is 9.47 Å². The van der Waals surface area contributed by atoms with E-state index in [2.05, 4.69) is 26.0 Å². The summed E-state index contributed by atoms with van der Waals surface area (Å²) < 4.78 is 10.8. The van der Waals surface area contributed by atoms with Gasteiger partial charge in [-0.3, -0.25) is 4.79 Å². The number of hydrogen-bond acceptors (Lipinski definition) is 4. The summed E-state index contributed by atoms with van der Waals surface area (Å²) in [6, 6.07) is 14.5. The van der Waals surface area contributed by atoms with Gasteiger partial charge in [-0.15, -0.1) is 0 Å². The maximum atomic E-state index is 12.5. The quantitative estimate of drug-likeness (QED) is 0.275. The molecular weight excluding hydrogens is 412 g/mol. The Kier molecular flexibility index (Phi) is 9.53. The van der Waals surface area contributed by atoms with Crippen LogP contribution >= 0.6 is 0 Å². The molecule has 178 valence electrons. The number of carbonyl (C=O) groups is 2. The van der Waals surface area contributed by atoms with Gasteiger partial charge in [0.2, 0.25) is 0 Å². The van der Waals surface area contributed by atoms with Gasteiger partial charge in [-0.25, -0.2) is 4.79 Å². The molecule has 0 heterocycles. The zero-order valence-electron chi connectivity index (χ0n) is 20.3. The molecule has 1 saturated carbocycles. The molecule has 0 radical (unpaired) electrons. The topological polar surface area (TPSA) is 52.6 Å². The van der Waals surface area contributed by atoms with Crippen molar-refractivity contribution in [3.8, 4) is 11.5 Å². The molecule has 2 aromatic rings. The first-order chi connectivity index (χ1) is 16.0. The Morgan fingerprint density at radius 1 is 0.879 bits per heavy atom. The summed E-state index contributed by atoms with van der Waals surface area (Å²) in [6.45, 7) is 6.68. The number of rotatable bonds is 10. The lowest BCUT2D eigenvalue weighted by Gasteiger charge is -2.30. The Bertz CT molecular complexity index is 877. The zero-order chi connectivity index (χ0) is 23.6. The highest BCUT2D eigenvalue weighted by Gasteiger charge is 2.23. The molecule has 2 aromatic carbocycles. The molecule has 33 heavy (non-hydrogen) atoms. The van der Waals surface area contributed by atoms with Crippen molar-refractivity contribution in [2.75, 3.05) is 0 Å². The first-order valence-corrected chi connectivity index (χ1v) is 12.6. The lowest BCUT2D eigenvalue weighted by atomic mass is 9.75. The normalized spacial score (nSPS) is 19.0. The van der Waals surface area contributed by atoms with Gasteiger partial charge in [0.25, 0.3) is 0 Å². The van der Waals surface area contributed by atoms with Gasteiger partial charge >= 0.3 is 11.9 Å². The molecule has 0 aromatic heterocycles. The van der Waals surface area contributed by atoms with Gasteiger partial charge in [-0.05, 0) is 98.2 Å². The average molecular weight is 451 g/mol. The molecule has 1 aliphatic rings. The van der Waals surface area contributed by atoms with Crippen LogP contribution in [0.25, 0.3) is 0 Å². The summed E-state index contributed by atoms with van der Waals surface area (Å²) in [5.74, 6) is 2.55. The smallest absolute Gasteiger partial charge is 0.343 e. The highest BCUT2D eigenvalue weighted by atomic mass is 16.5. The van der Waals surface area contributed by atoms with Gasteiger partial charge in [-0.1, -0.05) is 45.7 Å². The Labute approximate surface area is 198 Å². The van der Waals surface area contributed by atoms with E-state index in [-0.39, 0.29) is 11.9 Å². The fraction of sp³-hybridized carbons (Fsp3) is 0.517. The van der Waals surface area contributed by atoms with Gasteiger partial charge in [0.1, 0.15) is 11.5 Å². The number of esters is 2. The average Bonchev–Trinajstić information content (AvgIpc) is 2.84. The predicted molar refractivity (Wildman–Crippen MR) is 132 cm³/mol. The molecule has 0 aliphatic heterocycles. The lowest BCUT2D eigenvalue weighted by Crippen LogP contribution is -2.16. The molecule has 4 heteroatoms. The van der Waals surface area contributed by atoms with Crippen molar-refractivity contribution < 1.29 is 19.1 Å². The van der Waals surface area contributed by atoms with E-state index in [4.69, 9.17) is 9.47 Å². The second-order valence-corrected chi connectivity index (χ2v) is 9.53. The van der Waals surface area contributed by atoms with Gasteiger partial charge in [0.15, 0.2) is 0 Å². The molecule has 0 bridgehead atoms. The van der Waals surface area contributed by atoms with Gasteiger partial charge in [-0.2, -0.15) is 0 Å². The van der Waals surface area contributed by atoms with Gasteiger partial charge in [0.05, 0.1) is 5.56 Å². The first-order valence-electron chi connectivity index (χ1n) is 12.6. The van der Waals surface area contributed by atoms with Crippen molar-refractivity contribution in [3.05, 3.63) is 59.7 Å². The van der Waals surface area contributed by atoms with Crippen LogP contribution in [0.4, 0.5) is 0 Å². The highest BCUT2D eigenvalue weighted by molar-refractivity contribution is 5.91. The molecule has 1 fully saturated rings. The molecule has 0 N–H and O–H groups in total. The van der Waals surface area contributed by atoms with E-state index >= 15 is 0 Å². The lowest BCUT2D eigenvalue weighted by molar-refractivity contribution is -0.134. The number of unbranched alkanes of at least 4 members (excludes halogenated alkanes) is 1. The second kappa shape index (κ2) is 12.6. The summed E-state index contributed by atoms with van der Waals surface area (Å²) >= 11 is 0. The zero-order valence-corrected chi connectivity index (χ0v) is 20.3. The molecule has 1 aliphatic carbocycles. The minimum atomic E-state index is -0.383.